The summed E-state index contributed by atoms with van der Waals surface area (Å²) in [6, 6.07) is 5.15. The van der Waals surface area contributed by atoms with Crippen LogP contribution in [0.3, 0.4) is 0 Å². The maximum absolute atomic E-state index is 13.9. The van der Waals surface area contributed by atoms with Crippen molar-refractivity contribution in [1.82, 2.24) is 5.32 Å². The van der Waals surface area contributed by atoms with Crippen molar-refractivity contribution in [2.24, 2.45) is 23.7 Å². The lowest BCUT2D eigenvalue weighted by Crippen LogP contribution is -2.30. The number of nitrogens with one attached hydrogen (secondary N) is 1. The molecule has 0 saturated heterocycles. The zero-order valence-corrected chi connectivity index (χ0v) is 12.0. The van der Waals surface area contributed by atoms with E-state index >= 15 is 0 Å². The average Bonchev–Trinajstić information content (AvgIpc) is 2.81. The number of hydrogen-bond acceptors (Lipinski definition) is 1. The van der Waals surface area contributed by atoms with Crippen LogP contribution in [0, 0.1) is 29.5 Å². The van der Waals surface area contributed by atoms with Crippen LogP contribution in [0.4, 0.5) is 4.39 Å². The molecule has 2 bridgehead atoms. The van der Waals surface area contributed by atoms with Gasteiger partial charge in [0.15, 0.2) is 0 Å². The van der Waals surface area contributed by atoms with E-state index in [0.29, 0.717) is 22.4 Å². The highest BCUT2D eigenvalue weighted by atomic mass is 79.9. The number of carbonyl (C=O) groups excluding carboxylic acids is 1. The second-order valence-corrected chi connectivity index (χ2v) is 6.94. The maximum Gasteiger partial charge on any atom is 0.254 e. The second-order valence-electron chi connectivity index (χ2n) is 6.09. The molecule has 1 N–H and O–H groups in total. The van der Waals surface area contributed by atoms with E-state index in [9.17, 15) is 9.18 Å². The Labute approximate surface area is 119 Å². The summed E-state index contributed by atoms with van der Waals surface area (Å²) in [4.78, 5) is 12.2. The number of amides is 1. The molecule has 3 aliphatic carbocycles. The fourth-order valence-corrected chi connectivity index (χ4v) is 4.79. The Bertz CT molecular complexity index is 545. The molecule has 2 nitrogen and oxygen atoms in total. The summed E-state index contributed by atoms with van der Waals surface area (Å²) in [5, 5.41) is 3.04. The van der Waals surface area contributed by atoms with E-state index < -0.39 is 5.82 Å². The molecule has 0 aromatic heterocycles. The highest BCUT2D eigenvalue weighted by Crippen LogP contribution is 2.65. The van der Waals surface area contributed by atoms with E-state index in [1.807, 2.05) is 0 Å². The molecule has 100 valence electrons. The van der Waals surface area contributed by atoms with Gasteiger partial charge in [-0.25, -0.2) is 4.39 Å². The van der Waals surface area contributed by atoms with Crippen LogP contribution < -0.4 is 5.32 Å². The summed E-state index contributed by atoms with van der Waals surface area (Å²) < 4.78 is 14.2. The van der Waals surface area contributed by atoms with Crippen molar-refractivity contribution in [2.75, 3.05) is 0 Å². The summed E-state index contributed by atoms with van der Waals surface area (Å²) in [5.41, 5.74) is 0.145. The number of hydrogen-bond donors (Lipinski definition) is 1. The van der Waals surface area contributed by atoms with Gasteiger partial charge in [-0.3, -0.25) is 4.79 Å². The largest absolute Gasteiger partial charge is 0.349 e. The number of fused-ring (bicyclic) bond motifs is 5. The van der Waals surface area contributed by atoms with Gasteiger partial charge < -0.3 is 5.32 Å². The van der Waals surface area contributed by atoms with E-state index in [1.165, 1.54) is 19.3 Å². The molecular formula is C15H15BrFNO. The molecule has 0 aliphatic heterocycles. The van der Waals surface area contributed by atoms with Gasteiger partial charge in [0.25, 0.3) is 5.91 Å². The molecule has 1 amide bonds. The van der Waals surface area contributed by atoms with E-state index in [0.717, 1.165) is 11.8 Å². The van der Waals surface area contributed by atoms with Gasteiger partial charge >= 0.3 is 0 Å². The van der Waals surface area contributed by atoms with E-state index in [4.69, 9.17) is 0 Å². The van der Waals surface area contributed by atoms with Gasteiger partial charge in [-0.1, -0.05) is 6.07 Å². The smallest absolute Gasteiger partial charge is 0.254 e. The Morgan fingerprint density at radius 1 is 1.26 bits per heavy atom. The summed E-state index contributed by atoms with van der Waals surface area (Å²) in [6.07, 6.45) is 4.00. The maximum atomic E-state index is 13.9. The quantitative estimate of drug-likeness (QED) is 0.888. The van der Waals surface area contributed by atoms with Gasteiger partial charge in [-0.2, -0.15) is 0 Å². The van der Waals surface area contributed by atoms with Crippen LogP contribution in [0.5, 0.6) is 0 Å². The minimum atomic E-state index is -0.464. The van der Waals surface area contributed by atoms with Crippen LogP contribution in [0.25, 0.3) is 0 Å². The van der Waals surface area contributed by atoms with E-state index in [2.05, 4.69) is 21.2 Å². The molecule has 0 heterocycles. The van der Waals surface area contributed by atoms with Crippen molar-refractivity contribution in [2.45, 2.75) is 25.3 Å². The summed E-state index contributed by atoms with van der Waals surface area (Å²) in [7, 11) is 0. The monoisotopic (exact) mass is 323 g/mol. The van der Waals surface area contributed by atoms with Gasteiger partial charge in [0, 0.05) is 6.04 Å². The van der Waals surface area contributed by atoms with Crippen molar-refractivity contribution in [3.8, 4) is 0 Å². The first-order valence-electron chi connectivity index (χ1n) is 6.91. The predicted octanol–water partition coefficient (Wildman–Crippen LogP) is 3.36. The molecule has 4 rings (SSSR count). The Hall–Kier alpha value is -0.900. The summed E-state index contributed by atoms with van der Waals surface area (Å²) in [6.45, 7) is 0. The molecule has 0 radical (unpaired) electrons. The highest BCUT2D eigenvalue weighted by Gasteiger charge is 2.65. The molecule has 3 aliphatic rings. The van der Waals surface area contributed by atoms with Crippen molar-refractivity contribution >= 4 is 21.8 Å². The molecule has 4 atom stereocenters. The SMILES string of the molecule is O=C(NC1C2C3CCC(C3)C12)c1cccc(Br)c1F. The summed E-state index contributed by atoms with van der Waals surface area (Å²) in [5.74, 6) is 2.25. The topological polar surface area (TPSA) is 29.1 Å². The molecule has 4 heteroatoms. The van der Waals surface area contributed by atoms with Crippen molar-refractivity contribution < 1.29 is 9.18 Å². The molecule has 3 fully saturated rings. The fraction of sp³-hybridized carbons (Fsp3) is 0.533. The van der Waals surface area contributed by atoms with Crippen LogP contribution in [-0.4, -0.2) is 11.9 Å². The van der Waals surface area contributed by atoms with Gasteiger partial charge in [0.2, 0.25) is 0 Å². The number of benzene rings is 1. The van der Waals surface area contributed by atoms with Gasteiger partial charge in [-0.05, 0) is 71.0 Å². The van der Waals surface area contributed by atoms with E-state index in [1.54, 1.807) is 18.2 Å². The summed E-state index contributed by atoms with van der Waals surface area (Å²) >= 11 is 3.12. The second kappa shape index (κ2) is 4.05. The third-order valence-electron chi connectivity index (χ3n) is 5.23. The normalized spacial score (nSPS) is 38.1. The minimum absolute atomic E-state index is 0.145. The molecule has 19 heavy (non-hydrogen) atoms. The predicted molar refractivity (Wildman–Crippen MR) is 73.2 cm³/mol. The lowest BCUT2D eigenvalue weighted by molar-refractivity contribution is 0.0940. The highest BCUT2D eigenvalue weighted by molar-refractivity contribution is 9.10. The zero-order valence-electron chi connectivity index (χ0n) is 10.4. The zero-order chi connectivity index (χ0) is 13.1. The molecule has 3 saturated carbocycles. The van der Waals surface area contributed by atoms with Gasteiger partial charge in [0.1, 0.15) is 5.82 Å². The standard InChI is InChI=1S/C15H15BrFNO/c16-10-3-1-2-9(13(10)17)15(19)18-14-11-7-4-5-8(6-7)12(11)14/h1-3,7-8,11-12,14H,4-6H2,(H,18,19). The Kier molecular flexibility index (Phi) is 2.53. The Balaban J connectivity index is 1.50. The lowest BCUT2D eigenvalue weighted by atomic mass is 10.0. The van der Waals surface area contributed by atoms with Gasteiger partial charge in [-0.15, -0.1) is 0 Å². The number of carbonyl (C=O) groups is 1. The van der Waals surface area contributed by atoms with Crippen molar-refractivity contribution in [3.63, 3.8) is 0 Å². The molecule has 1 aromatic carbocycles. The number of rotatable bonds is 2. The minimum Gasteiger partial charge on any atom is -0.349 e. The van der Waals surface area contributed by atoms with Crippen LogP contribution in [0.1, 0.15) is 29.6 Å². The average molecular weight is 324 g/mol. The van der Waals surface area contributed by atoms with Crippen LogP contribution in [0.15, 0.2) is 22.7 Å². The lowest BCUT2D eigenvalue weighted by Gasteiger charge is -2.11. The first-order valence-corrected chi connectivity index (χ1v) is 7.71. The van der Waals surface area contributed by atoms with Gasteiger partial charge in [0.05, 0.1) is 10.0 Å². The first-order chi connectivity index (χ1) is 9.16. The third-order valence-corrected chi connectivity index (χ3v) is 5.84. The molecular weight excluding hydrogens is 309 g/mol. The molecule has 4 unspecified atom stereocenters. The first kappa shape index (κ1) is 11.9. The molecule has 0 spiro atoms. The van der Waals surface area contributed by atoms with Crippen LogP contribution in [-0.2, 0) is 0 Å². The Morgan fingerprint density at radius 2 is 1.95 bits per heavy atom. The molecule has 1 aromatic rings. The van der Waals surface area contributed by atoms with Crippen LogP contribution in [0.2, 0.25) is 0 Å². The number of halogens is 2. The van der Waals surface area contributed by atoms with E-state index in [-0.39, 0.29) is 11.5 Å². The Morgan fingerprint density at radius 3 is 2.63 bits per heavy atom. The van der Waals surface area contributed by atoms with Crippen molar-refractivity contribution in [1.29, 1.82) is 0 Å². The van der Waals surface area contributed by atoms with Crippen LogP contribution >= 0.6 is 15.9 Å². The third kappa shape index (κ3) is 1.69. The fourth-order valence-electron chi connectivity index (χ4n) is 4.43. The van der Waals surface area contributed by atoms with Crippen molar-refractivity contribution in [3.05, 3.63) is 34.1 Å².